The van der Waals surface area contributed by atoms with E-state index in [2.05, 4.69) is 15.5 Å². The molecule has 0 fully saturated rings. The first-order valence-electron chi connectivity index (χ1n) is 7.66. The van der Waals surface area contributed by atoms with Gasteiger partial charge in [0.25, 0.3) is 0 Å². The third kappa shape index (κ3) is 6.86. The zero-order valence-electron chi connectivity index (χ0n) is 13.7. The maximum absolute atomic E-state index is 11.6. The normalized spacial score (nSPS) is 14.3. The van der Waals surface area contributed by atoms with Gasteiger partial charge in [0.15, 0.2) is 5.66 Å². The van der Waals surface area contributed by atoms with Gasteiger partial charge in [-0.3, -0.25) is 4.79 Å². The second kappa shape index (κ2) is 8.99. The highest BCUT2D eigenvalue weighted by Gasteiger charge is 2.33. The summed E-state index contributed by atoms with van der Waals surface area (Å²) in [7, 11) is 3.02. The van der Waals surface area contributed by atoms with Gasteiger partial charge in [-0.05, 0) is 6.92 Å². The zero-order chi connectivity index (χ0) is 18.3. The van der Waals surface area contributed by atoms with Gasteiger partial charge < -0.3 is 20.4 Å². The minimum absolute atomic E-state index is 0.0148. The summed E-state index contributed by atoms with van der Waals surface area (Å²) >= 11 is 0. The number of hydrogen-bond acceptors (Lipinski definition) is 9. The molecule has 138 valence electrons. The van der Waals surface area contributed by atoms with Crippen LogP contribution in [-0.4, -0.2) is 50.5 Å². The summed E-state index contributed by atoms with van der Waals surface area (Å²) in [5.41, 5.74) is -0.342. The van der Waals surface area contributed by atoms with Crippen molar-refractivity contribution < 1.29 is 24.6 Å². The summed E-state index contributed by atoms with van der Waals surface area (Å²) in [6.07, 6.45) is 1.17. The standard InChI is InChI=1S/C14H20N4O5S2/c1-14(16-17-14)6-4-10(19)15-7-9-25-24-8-5-13(22)23-18-11(20)2-3-12(18)21/h2-3,20-21H,4-9H2,1H3,(H,15,19). The van der Waals surface area contributed by atoms with Crippen molar-refractivity contribution in [2.24, 2.45) is 10.2 Å². The van der Waals surface area contributed by atoms with Crippen molar-refractivity contribution in [2.45, 2.75) is 31.8 Å². The van der Waals surface area contributed by atoms with Crippen molar-refractivity contribution in [1.29, 1.82) is 0 Å². The van der Waals surface area contributed by atoms with Gasteiger partial charge in [0.05, 0.1) is 6.42 Å². The van der Waals surface area contributed by atoms with Gasteiger partial charge in [0, 0.05) is 43.0 Å². The number of carbonyl (C=O) groups is 2. The van der Waals surface area contributed by atoms with Crippen molar-refractivity contribution in [3.05, 3.63) is 12.1 Å². The van der Waals surface area contributed by atoms with Crippen LogP contribution in [0.15, 0.2) is 22.4 Å². The van der Waals surface area contributed by atoms with Crippen molar-refractivity contribution >= 4 is 33.5 Å². The summed E-state index contributed by atoms with van der Waals surface area (Å²) < 4.78 is 0.665. The Hall–Kier alpha value is -1.88. The maximum Gasteiger partial charge on any atom is 0.334 e. The SMILES string of the molecule is CC1(CCC(=O)NCCSSCCC(=O)On2c(O)ccc2O)N=N1. The second-order valence-corrected chi connectivity index (χ2v) is 8.17. The van der Waals surface area contributed by atoms with Crippen molar-refractivity contribution in [2.75, 3.05) is 18.1 Å². The minimum Gasteiger partial charge on any atom is -0.492 e. The molecule has 2 rings (SSSR count). The first-order chi connectivity index (χ1) is 11.9. The molecule has 11 heteroatoms. The first kappa shape index (κ1) is 19.4. The lowest BCUT2D eigenvalue weighted by Gasteiger charge is -2.07. The zero-order valence-corrected chi connectivity index (χ0v) is 15.3. The van der Waals surface area contributed by atoms with E-state index in [1.807, 2.05) is 6.92 Å². The highest BCUT2D eigenvalue weighted by molar-refractivity contribution is 8.76. The van der Waals surface area contributed by atoms with Gasteiger partial charge in [-0.15, -0.1) is 4.73 Å². The molecule has 0 saturated carbocycles. The molecule has 25 heavy (non-hydrogen) atoms. The predicted octanol–water partition coefficient (Wildman–Crippen LogP) is 1.70. The van der Waals surface area contributed by atoms with Gasteiger partial charge in [0.2, 0.25) is 17.7 Å². The van der Waals surface area contributed by atoms with E-state index >= 15 is 0 Å². The van der Waals surface area contributed by atoms with E-state index < -0.39 is 5.97 Å². The Morgan fingerprint density at radius 2 is 1.84 bits per heavy atom. The van der Waals surface area contributed by atoms with E-state index in [0.29, 0.717) is 29.9 Å². The van der Waals surface area contributed by atoms with Crippen LogP contribution in [0.3, 0.4) is 0 Å². The second-order valence-electron chi connectivity index (χ2n) is 5.47. The molecule has 1 aromatic rings. The molecular formula is C14H20N4O5S2. The summed E-state index contributed by atoms with van der Waals surface area (Å²) in [5, 5.41) is 29.2. The van der Waals surface area contributed by atoms with Crippen molar-refractivity contribution in [3.63, 3.8) is 0 Å². The van der Waals surface area contributed by atoms with Crippen LogP contribution in [0.1, 0.15) is 26.2 Å². The van der Waals surface area contributed by atoms with Gasteiger partial charge >= 0.3 is 5.97 Å². The molecule has 0 spiro atoms. The van der Waals surface area contributed by atoms with Gasteiger partial charge in [-0.25, -0.2) is 4.79 Å². The number of aromatic nitrogens is 1. The van der Waals surface area contributed by atoms with Crippen molar-refractivity contribution in [3.8, 4) is 11.8 Å². The monoisotopic (exact) mass is 388 g/mol. The molecular weight excluding hydrogens is 368 g/mol. The molecule has 1 amide bonds. The van der Waals surface area contributed by atoms with Crippen molar-refractivity contribution in [1.82, 2.24) is 10.0 Å². The predicted molar refractivity (Wildman–Crippen MR) is 94.4 cm³/mol. The highest BCUT2D eigenvalue weighted by Crippen LogP contribution is 2.31. The number of rotatable bonds is 11. The fourth-order valence-electron chi connectivity index (χ4n) is 1.74. The van der Waals surface area contributed by atoms with Crippen LogP contribution in [0.4, 0.5) is 0 Å². The number of nitrogens with one attached hydrogen (secondary N) is 1. The molecule has 0 unspecified atom stereocenters. The molecule has 0 saturated heterocycles. The van der Waals surface area contributed by atoms with Crippen LogP contribution in [0.5, 0.6) is 11.8 Å². The van der Waals surface area contributed by atoms with Gasteiger partial charge in [-0.2, -0.15) is 10.2 Å². The Labute approximate surface area is 152 Å². The molecule has 1 aliphatic rings. The smallest absolute Gasteiger partial charge is 0.334 e. The first-order valence-corrected chi connectivity index (χ1v) is 10.1. The third-order valence-electron chi connectivity index (χ3n) is 3.24. The quantitative estimate of drug-likeness (QED) is 0.389. The topological polar surface area (TPSA) is 126 Å². The van der Waals surface area contributed by atoms with E-state index in [1.165, 1.54) is 33.7 Å². The molecule has 9 nitrogen and oxygen atoms in total. The molecule has 1 aliphatic heterocycles. The maximum atomic E-state index is 11.6. The van der Waals surface area contributed by atoms with E-state index in [9.17, 15) is 19.8 Å². The molecule has 0 radical (unpaired) electrons. The lowest BCUT2D eigenvalue weighted by atomic mass is 10.1. The summed E-state index contributed by atoms with van der Waals surface area (Å²) in [4.78, 5) is 28.0. The Kier molecular flexibility index (Phi) is 7.00. The molecule has 2 heterocycles. The average molecular weight is 388 g/mol. The highest BCUT2D eigenvalue weighted by atomic mass is 33.1. The fraction of sp³-hybridized carbons (Fsp3) is 0.571. The van der Waals surface area contributed by atoms with Gasteiger partial charge in [-0.1, -0.05) is 21.6 Å². The molecule has 0 atom stereocenters. The molecule has 0 bridgehead atoms. The minimum atomic E-state index is -0.562. The van der Waals surface area contributed by atoms with E-state index in [-0.39, 0.29) is 29.8 Å². The number of nitrogens with zero attached hydrogens (tertiary/aromatic N) is 3. The summed E-state index contributed by atoms with van der Waals surface area (Å²) in [6.45, 7) is 2.44. The molecule has 3 N–H and O–H groups in total. The van der Waals surface area contributed by atoms with E-state index in [4.69, 9.17) is 4.84 Å². The van der Waals surface area contributed by atoms with E-state index in [1.54, 1.807) is 0 Å². The number of carbonyl (C=O) groups excluding carboxylic acids is 2. The van der Waals surface area contributed by atoms with Crippen LogP contribution in [-0.2, 0) is 9.59 Å². The van der Waals surface area contributed by atoms with E-state index in [0.717, 1.165) is 5.75 Å². The Bertz CT molecular complexity index is 624. The number of hydrogen-bond donors (Lipinski definition) is 3. The summed E-state index contributed by atoms with van der Waals surface area (Å²) in [5.74, 6) is -0.0342. The number of aromatic hydroxyl groups is 2. The molecule has 1 aromatic heterocycles. The Morgan fingerprint density at radius 3 is 2.48 bits per heavy atom. The number of amides is 1. The van der Waals surface area contributed by atoms with Crippen LogP contribution in [0.2, 0.25) is 0 Å². The fourth-order valence-corrected chi connectivity index (χ4v) is 3.62. The Balaban J connectivity index is 1.45. The largest absolute Gasteiger partial charge is 0.492 e. The van der Waals surface area contributed by atoms with Crippen LogP contribution >= 0.6 is 21.6 Å². The molecule has 0 aliphatic carbocycles. The lowest BCUT2D eigenvalue weighted by Crippen LogP contribution is -2.26. The van der Waals surface area contributed by atoms with Gasteiger partial charge in [0.1, 0.15) is 0 Å². The summed E-state index contributed by atoms with van der Waals surface area (Å²) in [6, 6.07) is 2.44. The Morgan fingerprint density at radius 1 is 1.20 bits per heavy atom. The molecule has 0 aromatic carbocycles. The van der Waals surface area contributed by atoms with Crippen LogP contribution in [0, 0.1) is 0 Å². The lowest BCUT2D eigenvalue weighted by molar-refractivity contribution is -0.144. The third-order valence-corrected chi connectivity index (χ3v) is 5.65. The van der Waals surface area contributed by atoms with Crippen LogP contribution < -0.4 is 10.2 Å². The van der Waals surface area contributed by atoms with Crippen LogP contribution in [0.25, 0.3) is 0 Å². The average Bonchev–Trinajstić information content (AvgIpc) is 3.24.